The number of hydrogen-bond donors (Lipinski definition) is 0. The third kappa shape index (κ3) is 2.00. The average molecular weight is 228 g/mol. The molecule has 5 heteroatoms. The van der Waals surface area contributed by atoms with Crippen LogP contribution in [0.15, 0.2) is 12.5 Å². The van der Waals surface area contributed by atoms with Crippen molar-refractivity contribution in [1.82, 2.24) is 14.5 Å². The molecule has 4 nitrogen and oxygen atoms in total. The fourth-order valence-corrected chi connectivity index (χ4v) is 2.18. The SMILES string of the molecule is Cn1cncc1C(Cl)C(=O)N1CCCC1. The van der Waals surface area contributed by atoms with Crippen molar-refractivity contribution < 1.29 is 4.79 Å². The van der Waals surface area contributed by atoms with Crippen LogP contribution in [-0.4, -0.2) is 33.4 Å². The van der Waals surface area contributed by atoms with Gasteiger partial charge in [-0.15, -0.1) is 11.6 Å². The second-order valence-electron chi connectivity index (χ2n) is 3.82. The first-order chi connectivity index (χ1) is 7.20. The lowest BCUT2D eigenvalue weighted by Crippen LogP contribution is -2.31. The molecule has 1 aliphatic heterocycles. The summed E-state index contributed by atoms with van der Waals surface area (Å²) in [6, 6.07) is 0. The van der Waals surface area contributed by atoms with Gasteiger partial charge in [0, 0.05) is 20.1 Å². The van der Waals surface area contributed by atoms with Crippen molar-refractivity contribution in [2.45, 2.75) is 18.2 Å². The van der Waals surface area contributed by atoms with Gasteiger partial charge in [-0.2, -0.15) is 0 Å². The topological polar surface area (TPSA) is 38.1 Å². The van der Waals surface area contributed by atoms with E-state index in [1.807, 2.05) is 11.9 Å². The van der Waals surface area contributed by atoms with Crippen LogP contribution in [0.1, 0.15) is 23.9 Å². The third-order valence-electron chi connectivity index (χ3n) is 2.75. The first-order valence-corrected chi connectivity index (χ1v) is 5.53. The van der Waals surface area contributed by atoms with E-state index in [0.717, 1.165) is 31.6 Å². The van der Waals surface area contributed by atoms with Gasteiger partial charge in [-0.05, 0) is 12.8 Å². The van der Waals surface area contributed by atoms with Crippen molar-refractivity contribution in [1.29, 1.82) is 0 Å². The van der Waals surface area contributed by atoms with Crippen LogP contribution in [0.25, 0.3) is 0 Å². The van der Waals surface area contributed by atoms with Gasteiger partial charge in [0.1, 0.15) is 0 Å². The number of nitrogens with zero attached hydrogens (tertiary/aromatic N) is 3. The van der Waals surface area contributed by atoms with Crippen molar-refractivity contribution in [3.8, 4) is 0 Å². The van der Waals surface area contributed by atoms with Gasteiger partial charge >= 0.3 is 0 Å². The molecule has 0 N–H and O–H groups in total. The van der Waals surface area contributed by atoms with E-state index in [0.29, 0.717) is 0 Å². The number of carbonyl (C=O) groups is 1. The molecule has 0 radical (unpaired) electrons. The second kappa shape index (κ2) is 4.23. The Hall–Kier alpha value is -1.03. The van der Waals surface area contributed by atoms with Crippen LogP contribution in [0.4, 0.5) is 0 Å². The van der Waals surface area contributed by atoms with Gasteiger partial charge in [-0.25, -0.2) is 4.98 Å². The molecule has 0 spiro atoms. The summed E-state index contributed by atoms with van der Waals surface area (Å²) in [5.74, 6) is -0.00207. The maximum Gasteiger partial charge on any atom is 0.246 e. The van der Waals surface area contributed by atoms with E-state index >= 15 is 0 Å². The highest BCUT2D eigenvalue weighted by molar-refractivity contribution is 6.30. The quantitative estimate of drug-likeness (QED) is 0.715. The summed E-state index contributed by atoms with van der Waals surface area (Å²) in [5, 5.41) is -0.601. The Morgan fingerprint density at radius 2 is 2.20 bits per heavy atom. The van der Waals surface area contributed by atoms with Crippen molar-refractivity contribution >= 4 is 17.5 Å². The van der Waals surface area contributed by atoms with Crippen molar-refractivity contribution in [2.75, 3.05) is 13.1 Å². The zero-order valence-corrected chi connectivity index (χ0v) is 9.44. The van der Waals surface area contributed by atoms with Crippen LogP contribution < -0.4 is 0 Å². The van der Waals surface area contributed by atoms with Crippen LogP contribution >= 0.6 is 11.6 Å². The lowest BCUT2D eigenvalue weighted by molar-refractivity contribution is -0.129. The van der Waals surface area contributed by atoms with E-state index in [-0.39, 0.29) is 5.91 Å². The highest BCUT2D eigenvalue weighted by atomic mass is 35.5. The lowest BCUT2D eigenvalue weighted by atomic mass is 10.3. The smallest absolute Gasteiger partial charge is 0.246 e. The van der Waals surface area contributed by atoms with Gasteiger partial charge in [0.2, 0.25) is 5.91 Å². The van der Waals surface area contributed by atoms with Crippen molar-refractivity contribution in [2.24, 2.45) is 7.05 Å². The van der Waals surface area contributed by atoms with E-state index in [1.54, 1.807) is 17.1 Å². The first-order valence-electron chi connectivity index (χ1n) is 5.09. The maximum atomic E-state index is 11.9. The molecule has 1 aromatic heterocycles. The molecule has 0 aromatic carbocycles. The number of halogens is 1. The largest absolute Gasteiger partial charge is 0.341 e. The molecule has 1 aliphatic rings. The standard InChI is InChI=1S/C10H14ClN3O/c1-13-7-12-6-8(13)9(11)10(15)14-4-2-3-5-14/h6-7,9H,2-5H2,1H3. The molecule has 82 valence electrons. The second-order valence-corrected chi connectivity index (χ2v) is 4.26. The van der Waals surface area contributed by atoms with E-state index in [2.05, 4.69) is 4.98 Å². The number of likely N-dealkylation sites (tertiary alicyclic amines) is 1. The molecule has 15 heavy (non-hydrogen) atoms. The normalized spacial score (nSPS) is 18.1. The Kier molecular flexibility index (Phi) is 2.95. The van der Waals surface area contributed by atoms with E-state index < -0.39 is 5.38 Å². The Bertz CT molecular complexity index is 357. The van der Waals surface area contributed by atoms with Crippen LogP contribution in [0.2, 0.25) is 0 Å². The first kappa shape index (κ1) is 10.5. The van der Waals surface area contributed by atoms with Crippen molar-refractivity contribution in [3.63, 3.8) is 0 Å². The molecule has 0 bridgehead atoms. The van der Waals surface area contributed by atoms with Gasteiger partial charge in [0.15, 0.2) is 5.38 Å². The number of aromatic nitrogens is 2. The molecule has 1 saturated heterocycles. The van der Waals surface area contributed by atoms with Gasteiger partial charge < -0.3 is 9.47 Å². The molecular formula is C10H14ClN3O. The molecule has 1 fully saturated rings. The number of imidazole rings is 1. The summed E-state index contributed by atoms with van der Waals surface area (Å²) in [6.07, 6.45) is 5.47. The number of carbonyl (C=O) groups excluding carboxylic acids is 1. The molecule has 1 unspecified atom stereocenters. The third-order valence-corrected chi connectivity index (χ3v) is 3.16. The number of amides is 1. The monoisotopic (exact) mass is 227 g/mol. The molecule has 1 aromatic rings. The van der Waals surface area contributed by atoms with E-state index in [9.17, 15) is 4.79 Å². The zero-order valence-electron chi connectivity index (χ0n) is 8.69. The van der Waals surface area contributed by atoms with Crippen LogP contribution in [0, 0.1) is 0 Å². The summed E-state index contributed by atoms with van der Waals surface area (Å²) in [4.78, 5) is 17.7. The highest BCUT2D eigenvalue weighted by Gasteiger charge is 2.27. The fraction of sp³-hybridized carbons (Fsp3) is 0.600. The van der Waals surface area contributed by atoms with Gasteiger partial charge in [-0.3, -0.25) is 4.79 Å². The van der Waals surface area contributed by atoms with Gasteiger partial charge in [-0.1, -0.05) is 0 Å². The number of alkyl halides is 1. The van der Waals surface area contributed by atoms with Gasteiger partial charge in [0.05, 0.1) is 18.2 Å². The summed E-state index contributed by atoms with van der Waals surface area (Å²) in [7, 11) is 1.84. The maximum absolute atomic E-state index is 11.9. The highest BCUT2D eigenvalue weighted by Crippen LogP contribution is 2.24. The van der Waals surface area contributed by atoms with Crippen molar-refractivity contribution in [3.05, 3.63) is 18.2 Å². The summed E-state index contributed by atoms with van der Waals surface area (Å²) >= 11 is 6.13. The molecule has 2 heterocycles. The summed E-state index contributed by atoms with van der Waals surface area (Å²) in [6.45, 7) is 1.67. The summed E-state index contributed by atoms with van der Waals surface area (Å²) < 4.78 is 1.78. The Morgan fingerprint density at radius 1 is 1.53 bits per heavy atom. The summed E-state index contributed by atoms with van der Waals surface area (Å²) in [5.41, 5.74) is 0.758. The molecule has 0 aliphatic carbocycles. The Balaban J connectivity index is 2.10. The number of hydrogen-bond acceptors (Lipinski definition) is 2. The zero-order chi connectivity index (χ0) is 10.8. The number of rotatable bonds is 2. The molecular weight excluding hydrogens is 214 g/mol. The predicted molar refractivity (Wildman–Crippen MR) is 57.6 cm³/mol. The molecule has 0 saturated carbocycles. The van der Waals surface area contributed by atoms with E-state index in [1.165, 1.54) is 0 Å². The predicted octanol–water partition coefficient (Wildman–Crippen LogP) is 1.32. The van der Waals surface area contributed by atoms with Crippen LogP contribution in [0.3, 0.4) is 0 Å². The minimum atomic E-state index is -0.601. The number of aryl methyl sites for hydroxylation is 1. The Morgan fingerprint density at radius 3 is 2.73 bits per heavy atom. The Labute approximate surface area is 93.8 Å². The van der Waals surface area contributed by atoms with Gasteiger partial charge in [0.25, 0.3) is 0 Å². The van der Waals surface area contributed by atoms with Crippen LogP contribution in [0.5, 0.6) is 0 Å². The minimum Gasteiger partial charge on any atom is -0.341 e. The minimum absolute atomic E-state index is 0.00207. The van der Waals surface area contributed by atoms with E-state index in [4.69, 9.17) is 11.6 Å². The average Bonchev–Trinajstić information content (AvgIpc) is 2.85. The molecule has 1 amide bonds. The lowest BCUT2D eigenvalue weighted by Gasteiger charge is -2.18. The molecule has 2 rings (SSSR count). The molecule has 1 atom stereocenters. The fourth-order valence-electron chi connectivity index (χ4n) is 1.84. The van der Waals surface area contributed by atoms with Crippen LogP contribution in [-0.2, 0) is 11.8 Å².